The van der Waals surface area contributed by atoms with Gasteiger partial charge in [-0.3, -0.25) is 14.4 Å². The number of carbonyl (C=O) groups excluding carboxylic acids is 3. The number of hydrogen-bond acceptors (Lipinski definition) is 6. The summed E-state index contributed by atoms with van der Waals surface area (Å²) in [6.45, 7) is 6.46. The van der Waals surface area contributed by atoms with Crippen molar-refractivity contribution in [2.45, 2.75) is 284 Å². The number of esters is 3. The van der Waals surface area contributed by atoms with Crippen LogP contribution in [0.1, 0.15) is 278 Å². The standard InChI is InChI=1S/C65H110O6/c1-4-7-10-13-16-19-22-25-28-31-34-37-40-43-46-49-52-55-58-64(67)70-61-62(60-69-63(66)57-54-51-48-45-42-39-36-33-30-27-24-21-18-15-12-9-6-3)71-65(68)59-56-53-50-47-44-41-38-35-32-29-26-23-20-17-14-11-8-5-2/h9,12,15,18,21,24,27-28,30-31,33-34,36-37,39,42,62H,4-8,10-11,13-14,16-17,19-20,22-23,25-26,29,32,35,38,40-41,43-61H2,1-3H3/b12-9-,18-15-,24-21-,30-27-,31-28-,36-33+,37-34-,42-39-. The predicted octanol–water partition coefficient (Wildman–Crippen LogP) is 20.1. The minimum atomic E-state index is -0.803. The Morgan fingerprint density at radius 3 is 0.887 bits per heavy atom. The third-order valence-corrected chi connectivity index (χ3v) is 12.8. The lowest BCUT2D eigenvalue weighted by atomic mass is 10.0. The van der Waals surface area contributed by atoms with Gasteiger partial charge in [-0.15, -0.1) is 0 Å². The van der Waals surface area contributed by atoms with E-state index in [0.717, 1.165) is 89.9 Å². The van der Waals surface area contributed by atoms with Crippen molar-refractivity contribution in [2.24, 2.45) is 0 Å². The second kappa shape index (κ2) is 58.9. The summed E-state index contributed by atoms with van der Waals surface area (Å²) in [4.78, 5) is 38.2. The van der Waals surface area contributed by atoms with Crippen molar-refractivity contribution in [3.8, 4) is 0 Å². The molecule has 6 heteroatoms. The second-order valence-corrected chi connectivity index (χ2v) is 19.7. The van der Waals surface area contributed by atoms with E-state index in [9.17, 15) is 14.4 Å². The zero-order valence-electron chi connectivity index (χ0n) is 46.5. The number of allylic oxidation sites excluding steroid dienone is 16. The van der Waals surface area contributed by atoms with E-state index in [2.05, 4.69) is 57.2 Å². The Hall–Kier alpha value is -3.67. The lowest BCUT2D eigenvalue weighted by Gasteiger charge is -2.18. The topological polar surface area (TPSA) is 78.9 Å². The molecule has 0 spiro atoms. The van der Waals surface area contributed by atoms with E-state index >= 15 is 0 Å². The Morgan fingerprint density at radius 1 is 0.296 bits per heavy atom. The molecule has 0 radical (unpaired) electrons. The van der Waals surface area contributed by atoms with Gasteiger partial charge in [0.15, 0.2) is 6.10 Å². The fourth-order valence-corrected chi connectivity index (χ4v) is 8.29. The Kier molecular flexibility index (Phi) is 55.9. The van der Waals surface area contributed by atoms with Crippen LogP contribution in [0.2, 0.25) is 0 Å². The fourth-order valence-electron chi connectivity index (χ4n) is 8.29. The largest absolute Gasteiger partial charge is 0.462 e. The van der Waals surface area contributed by atoms with Crippen LogP contribution in [0.15, 0.2) is 97.2 Å². The first kappa shape index (κ1) is 67.3. The SMILES string of the molecule is CC\C=C/C=C\C=C/C=C\C=C\C=C/CCCCCC(=O)OCC(COC(=O)CCCCCCC/C=C\C=C/CCCCCCCCC)OC(=O)CCCCCCCCCCCCCCCCCCCC. The highest BCUT2D eigenvalue weighted by Crippen LogP contribution is 2.16. The molecule has 1 unspecified atom stereocenters. The van der Waals surface area contributed by atoms with E-state index in [0.29, 0.717) is 19.3 Å². The van der Waals surface area contributed by atoms with Gasteiger partial charge in [-0.25, -0.2) is 0 Å². The molecule has 1 atom stereocenters. The quantitative estimate of drug-likeness (QED) is 0.0261. The number of carbonyl (C=O) groups is 3. The van der Waals surface area contributed by atoms with E-state index in [1.165, 1.54) is 148 Å². The summed E-state index contributed by atoms with van der Waals surface area (Å²) in [7, 11) is 0. The number of unbranched alkanes of at least 4 members (excludes halogenated alkanes) is 32. The molecule has 0 aliphatic rings. The van der Waals surface area contributed by atoms with Crippen molar-refractivity contribution in [2.75, 3.05) is 13.2 Å². The normalized spacial score (nSPS) is 12.8. The lowest BCUT2D eigenvalue weighted by molar-refractivity contribution is -0.167. The Morgan fingerprint density at radius 2 is 0.549 bits per heavy atom. The maximum absolute atomic E-state index is 12.9. The summed E-state index contributed by atoms with van der Waals surface area (Å²) >= 11 is 0. The van der Waals surface area contributed by atoms with Gasteiger partial charge in [0, 0.05) is 19.3 Å². The van der Waals surface area contributed by atoms with Crippen molar-refractivity contribution in [1.29, 1.82) is 0 Å². The maximum Gasteiger partial charge on any atom is 0.306 e. The molecule has 0 aromatic carbocycles. The van der Waals surface area contributed by atoms with Crippen LogP contribution >= 0.6 is 0 Å². The van der Waals surface area contributed by atoms with Crippen molar-refractivity contribution in [3.63, 3.8) is 0 Å². The van der Waals surface area contributed by atoms with Crippen LogP contribution in [0.3, 0.4) is 0 Å². The molecule has 0 bridgehead atoms. The monoisotopic (exact) mass is 987 g/mol. The first-order chi connectivity index (χ1) is 35.0. The van der Waals surface area contributed by atoms with E-state index in [1.54, 1.807) is 0 Å². The van der Waals surface area contributed by atoms with E-state index in [1.807, 2.05) is 60.8 Å². The third kappa shape index (κ3) is 57.1. The van der Waals surface area contributed by atoms with Gasteiger partial charge in [0.25, 0.3) is 0 Å². The van der Waals surface area contributed by atoms with Crippen LogP contribution in [-0.4, -0.2) is 37.2 Å². The average Bonchev–Trinajstić information content (AvgIpc) is 3.37. The van der Waals surface area contributed by atoms with Gasteiger partial charge in [-0.2, -0.15) is 0 Å². The molecule has 71 heavy (non-hydrogen) atoms. The van der Waals surface area contributed by atoms with Gasteiger partial charge < -0.3 is 14.2 Å². The van der Waals surface area contributed by atoms with Gasteiger partial charge in [0.05, 0.1) is 0 Å². The molecule has 0 saturated heterocycles. The molecule has 0 aliphatic heterocycles. The highest BCUT2D eigenvalue weighted by molar-refractivity contribution is 5.71. The van der Waals surface area contributed by atoms with Gasteiger partial charge in [-0.05, 0) is 64.2 Å². The highest BCUT2D eigenvalue weighted by Gasteiger charge is 2.19. The smallest absolute Gasteiger partial charge is 0.306 e. The fraction of sp³-hybridized carbons (Fsp3) is 0.708. The second-order valence-electron chi connectivity index (χ2n) is 19.7. The Balaban J connectivity index is 4.48. The summed E-state index contributed by atoms with van der Waals surface area (Å²) in [5.41, 5.74) is 0. The van der Waals surface area contributed by atoms with Crippen molar-refractivity contribution in [1.82, 2.24) is 0 Å². The molecule has 0 rings (SSSR count). The molecular weight excluding hydrogens is 877 g/mol. The molecular formula is C65H110O6. The maximum atomic E-state index is 12.9. The first-order valence-electron chi connectivity index (χ1n) is 29.8. The van der Waals surface area contributed by atoms with Crippen molar-refractivity contribution < 1.29 is 28.6 Å². The molecule has 0 aliphatic carbocycles. The predicted molar refractivity (Wildman–Crippen MR) is 307 cm³/mol. The molecule has 6 nitrogen and oxygen atoms in total. The summed E-state index contributed by atoms with van der Waals surface area (Å²) in [5.74, 6) is -0.949. The van der Waals surface area contributed by atoms with Crippen LogP contribution < -0.4 is 0 Å². The first-order valence-corrected chi connectivity index (χ1v) is 29.8. The van der Waals surface area contributed by atoms with Crippen molar-refractivity contribution >= 4 is 17.9 Å². The highest BCUT2D eigenvalue weighted by atomic mass is 16.6. The minimum Gasteiger partial charge on any atom is -0.462 e. The molecule has 0 aromatic rings. The van der Waals surface area contributed by atoms with E-state index in [-0.39, 0.29) is 31.1 Å². The molecule has 0 heterocycles. The zero-order chi connectivity index (χ0) is 51.4. The molecule has 0 N–H and O–H groups in total. The Bertz CT molecular complexity index is 1410. The minimum absolute atomic E-state index is 0.0988. The number of rotatable bonds is 53. The van der Waals surface area contributed by atoms with Gasteiger partial charge in [0.1, 0.15) is 13.2 Å². The summed E-state index contributed by atoms with van der Waals surface area (Å²) < 4.78 is 16.9. The number of hydrogen-bond donors (Lipinski definition) is 0. The third-order valence-electron chi connectivity index (χ3n) is 12.8. The van der Waals surface area contributed by atoms with Gasteiger partial charge in [-0.1, -0.05) is 291 Å². The molecule has 0 saturated carbocycles. The van der Waals surface area contributed by atoms with Gasteiger partial charge >= 0.3 is 17.9 Å². The van der Waals surface area contributed by atoms with Crippen LogP contribution in [0, 0.1) is 0 Å². The van der Waals surface area contributed by atoms with Crippen LogP contribution in [0.4, 0.5) is 0 Å². The molecule has 0 fully saturated rings. The Labute approximate surface area is 438 Å². The molecule has 0 aromatic heterocycles. The summed E-state index contributed by atoms with van der Waals surface area (Å²) in [5, 5.41) is 0. The zero-order valence-corrected chi connectivity index (χ0v) is 46.5. The molecule has 0 amide bonds. The van der Waals surface area contributed by atoms with E-state index < -0.39 is 6.10 Å². The average molecular weight is 988 g/mol. The van der Waals surface area contributed by atoms with Crippen LogP contribution in [-0.2, 0) is 28.6 Å². The summed E-state index contributed by atoms with van der Waals surface area (Å²) in [6, 6.07) is 0. The molecule has 406 valence electrons. The lowest BCUT2D eigenvalue weighted by Crippen LogP contribution is -2.30. The van der Waals surface area contributed by atoms with Crippen molar-refractivity contribution in [3.05, 3.63) is 97.2 Å². The van der Waals surface area contributed by atoms with Gasteiger partial charge in [0.2, 0.25) is 0 Å². The number of ether oxygens (including phenoxy) is 3. The summed E-state index contributed by atoms with van der Waals surface area (Å²) in [6.07, 6.45) is 78.2. The van der Waals surface area contributed by atoms with E-state index in [4.69, 9.17) is 14.2 Å². The van der Waals surface area contributed by atoms with Crippen LogP contribution in [0.25, 0.3) is 0 Å². The van der Waals surface area contributed by atoms with Crippen LogP contribution in [0.5, 0.6) is 0 Å².